The van der Waals surface area contributed by atoms with Gasteiger partial charge in [0.05, 0.1) is 11.3 Å². The molecule has 1 aromatic heterocycles. The third-order valence-corrected chi connectivity index (χ3v) is 6.13. The molecule has 4 N–H and O–H groups in total. The standard InChI is InChI=1S/C21H35N5O2S/c1-7-9-16(27)21(5,28)26-18-17(19(22-6)29-13(3)8-2)14(4)24-20(25-18)23-12-15-10-11-15/h15-16,27-28H,3,7-12H2,1-2,4-6H3,(H2,23,24,25,26)/t16-,21-/m1/s1. The summed E-state index contributed by atoms with van der Waals surface area (Å²) in [7, 11) is 1.72. The molecule has 0 amide bonds. The van der Waals surface area contributed by atoms with Gasteiger partial charge in [-0.2, -0.15) is 4.98 Å². The van der Waals surface area contributed by atoms with Crippen LogP contribution in [0.25, 0.3) is 0 Å². The van der Waals surface area contributed by atoms with Crippen molar-refractivity contribution in [1.82, 2.24) is 9.97 Å². The molecular weight excluding hydrogens is 386 g/mol. The molecule has 0 aliphatic heterocycles. The highest BCUT2D eigenvalue weighted by Crippen LogP contribution is 2.32. The number of aliphatic hydroxyl groups is 2. The lowest BCUT2D eigenvalue weighted by molar-refractivity contribution is -0.0447. The lowest BCUT2D eigenvalue weighted by Crippen LogP contribution is -2.47. The summed E-state index contributed by atoms with van der Waals surface area (Å²) in [5, 5.41) is 28.4. The monoisotopic (exact) mass is 421 g/mol. The van der Waals surface area contributed by atoms with Gasteiger partial charge in [-0.05, 0) is 50.4 Å². The lowest BCUT2D eigenvalue weighted by atomic mass is 10.0. The topological polar surface area (TPSA) is 103 Å². The number of hydrogen-bond acceptors (Lipinski definition) is 8. The van der Waals surface area contributed by atoms with Crippen LogP contribution >= 0.6 is 11.8 Å². The highest BCUT2D eigenvalue weighted by Gasteiger charge is 2.32. The number of thioether (sulfide) groups is 1. The number of nitrogens with one attached hydrogen (secondary N) is 2. The molecule has 0 unspecified atom stereocenters. The van der Waals surface area contributed by atoms with Gasteiger partial charge in [0.25, 0.3) is 0 Å². The molecule has 2 rings (SSSR count). The van der Waals surface area contributed by atoms with Crippen LogP contribution in [0.4, 0.5) is 11.8 Å². The van der Waals surface area contributed by atoms with Crippen molar-refractivity contribution < 1.29 is 10.2 Å². The second kappa shape index (κ2) is 10.4. The summed E-state index contributed by atoms with van der Waals surface area (Å²) in [4.78, 5) is 14.7. The molecule has 1 heterocycles. The summed E-state index contributed by atoms with van der Waals surface area (Å²) in [6, 6.07) is 0. The molecule has 1 fully saturated rings. The smallest absolute Gasteiger partial charge is 0.224 e. The Kier molecular flexibility index (Phi) is 8.48. The van der Waals surface area contributed by atoms with Crippen molar-refractivity contribution >= 4 is 28.6 Å². The van der Waals surface area contributed by atoms with E-state index in [9.17, 15) is 10.2 Å². The van der Waals surface area contributed by atoms with E-state index in [4.69, 9.17) is 0 Å². The molecule has 1 aromatic rings. The Morgan fingerprint density at radius 2 is 2.07 bits per heavy atom. The number of hydrogen-bond donors (Lipinski definition) is 4. The zero-order valence-corrected chi connectivity index (χ0v) is 19.1. The third-order valence-electron chi connectivity index (χ3n) is 4.97. The lowest BCUT2D eigenvalue weighted by Gasteiger charge is -2.31. The molecule has 1 aliphatic rings. The number of aliphatic imine (C=N–C) groups is 1. The van der Waals surface area contributed by atoms with Gasteiger partial charge in [-0.15, -0.1) is 0 Å². The molecule has 0 aromatic carbocycles. The summed E-state index contributed by atoms with van der Waals surface area (Å²) >= 11 is 1.48. The fourth-order valence-corrected chi connectivity index (χ4v) is 3.71. The Labute approximate surface area is 178 Å². The van der Waals surface area contributed by atoms with Crippen molar-refractivity contribution in [2.75, 3.05) is 24.2 Å². The van der Waals surface area contributed by atoms with E-state index in [1.807, 2.05) is 20.8 Å². The minimum Gasteiger partial charge on any atom is -0.388 e. The van der Waals surface area contributed by atoms with Crippen LogP contribution in [0.15, 0.2) is 16.5 Å². The predicted molar refractivity (Wildman–Crippen MR) is 123 cm³/mol. The first-order valence-electron chi connectivity index (χ1n) is 10.4. The van der Waals surface area contributed by atoms with Crippen LogP contribution in [0.1, 0.15) is 64.1 Å². The van der Waals surface area contributed by atoms with Crippen molar-refractivity contribution in [1.29, 1.82) is 0 Å². The maximum Gasteiger partial charge on any atom is 0.224 e. The van der Waals surface area contributed by atoms with Gasteiger partial charge in [-0.3, -0.25) is 4.99 Å². The van der Waals surface area contributed by atoms with Crippen LogP contribution in [0.2, 0.25) is 0 Å². The predicted octanol–water partition coefficient (Wildman–Crippen LogP) is 3.92. The number of aliphatic hydroxyl groups excluding tert-OH is 1. The van der Waals surface area contributed by atoms with Gasteiger partial charge in [-0.25, -0.2) is 4.98 Å². The number of aromatic nitrogens is 2. The molecule has 2 atom stereocenters. The molecule has 162 valence electrons. The van der Waals surface area contributed by atoms with E-state index < -0.39 is 11.8 Å². The molecule has 8 heteroatoms. The van der Waals surface area contributed by atoms with Crippen LogP contribution in [0.3, 0.4) is 0 Å². The fourth-order valence-electron chi connectivity index (χ4n) is 2.85. The molecule has 1 saturated carbocycles. The highest BCUT2D eigenvalue weighted by atomic mass is 32.2. The summed E-state index contributed by atoms with van der Waals surface area (Å²) in [5.41, 5.74) is -0.0726. The van der Waals surface area contributed by atoms with Gasteiger partial charge in [0.15, 0.2) is 5.72 Å². The van der Waals surface area contributed by atoms with Gasteiger partial charge >= 0.3 is 0 Å². The van der Waals surface area contributed by atoms with Crippen LogP contribution < -0.4 is 10.6 Å². The average molecular weight is 422 g/mol. The van der Waals surface area contributed by atoms with Crippen molar-refractivity contribution in [2.45, 2.75) is 71.6 Å². The summed E-state index contributed by atoms with van der Waals surface area (Å²) in [5.74, 6) is 1.64. The Bertz CT molecular complexity index is 747. The Hall–Kier alpha value is -1.64. The van der Waals surface area contributed by atoms with Crippen LogP contribution in [0.5, 0.6) is 0 Å². The normalized spacial score (nSPS) is 17.6. The molecule has 0 bridgehead atoms. The number of aryl methyl sites for hydroxylation is 1. The van der Waals surface area contributed by atoms with Crippen molar-refractivity contribution in [3.05, 3.63) is 22.7 Å². The molecule has 0 spiro atoms. The summed E-state index contributed by atoms with van der Waals surface area (Å²) in [6.07, 6.45) is 3.59. The SMILES string of the molecule is C=C(CC)SC(=NC)c1c(C)nc(NCC2CC2)nc1N[C@](C)(O)[C@H](O)CCC. The van der Waals surface area contributed by atoms with Crippen molar-refractivity contribution in [3.8, 4) is 0 Å². The maximum atomic E-state index is 10.9. The number of rotatable bonds is 11. The fraction of sp³-hybridized carbons (Fsp3) is 0.667. The quantitative estimate of drug-likeness (QED) is 0.244. The molecule has 29 heavy (non-hydrogen) atoms. The first-order valence-corrected chi connectivity index (χ1v) is 11.2. The zero-order chi connectivity index (χ0) is 21.6. The second-order valence-electron chi connectivity index (χ2n) is 7.78. The van der Waals surface area contributed by atoms with Gasteiger partial charge < -0.3 is 20.8 Å². The van der Waals surface area contributed by atoms with Crippen molar-refractivity contribution in [2.24, 2.45) is 10.9 Å². The first kappa shape index (κ1) is 23.6. The van der Waals surface area contributed by atoms with Crippen molar-refractivity contribution in [3.63, 3.8) is 0 Å². The largest absolute Gasteiger partial charge is 0.388 e. The van der Waals surface area contributed by atoms with E-state index in [0.717, 1.165) is 35.0 Å². The summed E-state index contributed by atoms with van der Waals surface area (Å²) < 4.78 is 0. The third kappa shape index (κ3) is 6.69. The highest BCUT2D eigenvalue weighted by molar-refractivity contribution is 8.17. The number of allylic oxidation sites excluding steroid dienone is 1. The van der Waals surface area contributed by atoms with Crippen LogP contribution in [-0.2, 0) is 0 Å². The number of nitrogens with zero attached hydrogens (tertiary/aromatic N) is 3. The molecule has 0 saturated heterocycles. The van der Waals surface area contributed by atoms with Gasteiger partial charge in [0, 0.05) is 13.6 Å². The van der Waals surface area contributed by atoms with E-state index >= 15 is 0 Å². The van der Waals surface area contributed by atoms with E-state index in [1.54, 1.807) is 14.0 Å². The van der Waals surface area contributed by atoms with Gasteiger partial charge in [0.1, 0.15) is 17.0 Å². The summed E-state index contributed by atoms with van der Waals surface area (Å²) in [6.45, 7) is 12.4. The maximum absolute atomic E-state index is 10.9. The molecule has 7 nitrogen and oxygen atoms in total. The Morgan fingerprint density at radius 3 is 2.62 bits per heavy atom. The van der Waals surface area contributed by atoms with E-state index in [-0.39, 0.29) is 0 Å². The van der Waals surface area contributed by atoms with Gasteiger partial charge in [0.2, 0.25) is 5.95 Å². The van der Waals surface area contributed by atoms with E-state index in [1.165, 1.54) is 24.6 Å². The average Bonchev–Trinajstić information content (AvgIpc) is 3.49. The van der Waals surface area contributed by atoms with Crippen LogP contribution in [0, 0.1) is 12.8 Å². The first-order chi connectivity index (χ1) is 13.7. The zero-order valence-electron chi connectivity index (χ0n) is 18.2. The van der Waals surface area contributed by atoms with Gasteiger partial charge in [-0.1, -0.05) is 38.6 Å². The Morgan fingerprint density at radius 1 is 1.38 bits per heavy atom. The van der Waals surface area contributed by atoms with Crippen LogP contribution in [-0.4, -0.2) is 50.6 Å². The Balaban J connectivity index is 2.42. The van der Waals surface area contributed by atoms with E-state index in [0.29, 0.717) is 29.7 Å². The molecule has 1 aliphatic carbocycles. The molecule has 0 radical (unpaired) electrons. The van der Waals surface area contributed by atoms with E-state index in [2.05, 4.69) is 32.2 Å². The number of anilines is 2. The second-order valence-corrected chi connectivity index (χ2v) is 8.95. The minimum atomic E-state index is -1.54. The molecular formula is C21H35N5O2S. The minimum absolute atomic E-state index is 0.452.